The lowest BCUT2D eigenvalue weighted by atomic mass is 10.1. The van der Waals surface area contributed by atoms with E-state index in [0.717, 1.165) is 13.0 Å². The molecule has 0 unspecified atom stereocenters. The number of anilines is 1. The molecule has 0 fully saturated rings. The lowest BCUT2D eigenvalue weighted by Gasteiger charge is -2.14. The van der Waals surface area contributed by atoms with Crippen molar-refractivity contribution in [2.45, 2.75) is 32.4 Å². The van der Waals surface area contributed by atoms with Gasteiger partial charge in [0.25, 0.3) is 0 Å². The van der Waals surface area contributed by atoms with Gasteiger partial charge in [-0.05, 0) is 19.3 Å². The molecule has 3 heterocycles. The summed E-state index contributed by atoms with van der Waals surface area (Å²) in [6.07, 6.45) is 8.69. The summed E-state index contributed by atoms with van der Waals surface area (Å²) in [7, 11) is 0. The first kappa shape index (κ1) is 11.5. The largest absolute Gasteiger partial charge is 0.350 e. The van der Waals surface area contributed by atoms with Crippen LogP contribution in [0.4, 0.5) is 5.95 Å². The molecule has 94 valence electrons. The van der Waals surface area contributed by atoms with E-state index in [4.69, 9.17) is 11.6 Å². The fraction of sp³-hybridized carbons (Fsp3) is 0.417. The molecular weight excluding hydrogens is 250 g/mol. The maximum absolute atomic E-state index is 5.74. The van der Waals surface area contributed by atoms with Gasteiger partial charge >= 0.3 is 0 Å². The summed E-state index contributed by atoms with van der Waals surface area (Å²) in [5, 5.41) is 8.13. The molecule has 0 spiro atoms. The minimum absolute atomic E-state index is 0.545. The molecule has 6 heteroatoms. The molecule has 3 rings (SSSR count). The van der Waals surface area contributed by atoms with E-state index in [9.17, 15) is 0 Å². The van der Waals surface area contributed by atoms with Crippen molar-refractivity contribution in [2.24, 2.45) is 0 Å². The molecule has 0 aromatic carbocycles. The molecule has 0 bridgehead atoms. The standard InChI is InChI=1S/C12H14ClN5/c13-10-7-15-12(16-8-10)14-5-9-6-17-18-4-2-1-3-11(9)18/h6-8H,1-5H2,(H,14,15,16). The van der Waals surface area contributed by atoms with E-state index >= 15 is 0 Å². The van der Waals surface area contributed by atoms with Gasteiger partial charge in [-0.25, -0.2) is 9.97 Å². The summed E-state index contributed by atoms with van der Waals surface area (Å²) < 4.78 is 2.10. The van der Waals surface area contributed by atoms with Crippen molar-refractivity contribution < 1.29 is 0 Å². The summed E-state index contributed by atoms with van der Waals surface area (Å²) in [5.74, 6) is 0.593. The molecule has 1 aliphatic heterocycles. The van der Waals surface area contributed by atoms with Crippen LogP contribution in [0.5, 0.6) is 0 Å². The van der Waals surface area contributed by atoms with Crippen molar-refractivity contribution in [3.05, 3.63) is 34.9 Å². The number of hydrogen-bond donors (Lipinski definition) is 1. The van der Waals surface area contributed by atoms with Gasteiger partial charge in [0.05, 0.1) is 23.6 Å². The van der Waals surface area contributed by atoms with Gasteiger partial charge in [0.15, 0.2) is 0 Å². The molecular formula is C12H14ClN5. The van der Waals surface area contributed by atoms with E-state index in [1.807, 2.05) is 6.20 Å². The Morgan fingerprint density at radius 3 is 2.89 bits per heavy atom. The van der Waals surface area contributed by atoms with Crippen molar-refractivity contribution in [3.8, 4) is 0 Å². The Morgan fingerprint density at radius 2 is 2.06 bits per heavy atom. The van der Waals surface area contributed by atoms with Crippen LogP contribution >= 0.6 is 11.6 Å². The second-order valence-electron chi connectivity index (χ2n) is 4.38. The summed E-state index contributed by atoms with van der Waals surface area (Å²) in [6.45, 7) is 1.74. The topological polar surface area (TPSA) is 55.6 Å². The lowest BCUT2D eigenvalue weighted by Crippen LogP contribution is -2.13. The third-order valence-electron chi connectivity index (χ3n) is 3.13. The van der Waals surface area contributed by atoms with Gasteiger partial charge in [0.1, 0.15) is 0 Å². The van der Waals surface area contributed by atoms with Crippen LogP contribution in [0.15, 0.2) is 18.6 Å². The number of rotatable bonds is 3. The number of fused-ring (bicyclic) bond motifs is 1. The molecule has 1 N–H and O–H groups in total. The van der Waals surface area contributed by atoms with Crippen molar-refractivity contribution in [2.75, 3.05) is 5.32 Å². The van der Waals surface area contributed by atoms with Gasteiger partial charge in [-0.1, -0.05) is 11.6 Å². The average Bonchev–Trinajstić information content (AvgIpc) is 2.82. The second kappa shape index (κ2) is 4.94. The fourth-order valence-corrected chi connectivity index (χ4v) is 2.31. The highest BCUT2D eigenvalue weighted by Gasteiger charge is 2.14. The zero-order valence-electron chi connectivity index (χ0n) is 9.93. The van der Waals surface area contributed by atoms with Crippen molar-refractivity contribution in [1.29, 1.82) is 0 Å². The third kappa shape index (κ3) is 2.31. The van der Waals surface area contributed by atoms with Gasteiger partial charge in [0, 0.05) is 24.3 Å². The Kier molecular flexibility index (Phi) is 3.15. The number of aryl methyl sites for hydroxylation is 1. The SMILES string of the molecule is Clc1cnc(NCc2cnn3c2CCCC3)nc1. The molecule has 2 aromatic rings. The Bertz CT molecular complexity index is 534. The number of nitrogens with one attached hydrogen (secondary N) is 1. The third-order valence-corrected chi connectivity index (χ3v) is 3.32. The van der Waals surface area contributed by atoms with Gasteiger partial charge in [0.2, 0.25) is 5.95 Å². The van der Waals surface area contributed by atoms with Gasteiger partial charge in [-0.2, -0.15) is 5.10 Å². The van der Waals surface area contributed by atoms with Crippen LogP contribution in [0.2, 0.25) is 5.02 Å². The van der Waals surface area contributed by atoms with Crippen molar-refractivity contribution in [1.82, 2.24) is 19.7 Å². The minimum Gasteiger partial charge on any atom is -0.350 e. The van der Waals surface area contributed by atoms with Gasteiger partial charge in [-0.3, -0.25) is 4.68 Å². The summed E-state index contributed by atoms with van der Waals surface area (Å²) >= 11 is 5.74. The first-order valence-corrected chi connectivity index (χ1v) is 6.46. The molecule has 5 nitrogen and oxygen atoms in total. The number of hydrogen-bond acceptors (Lipinski definition) is 4. The molecule has 18 heavy (non-hydrogen) atoms. The normalized spacial score (nSPS) is 14.3. The fourth-order valence-electron chi connectivity index (χ4n) is 2.21. The van der Waals surface area contributed by atoms with Crippen LogP contribution in [0, 0.1) is 0 Å². The maximum Gasteiger partial charge on any atom is 0.222 e. The van der Waals surface area contributed by atoms with E-state index < -0.39 is 0 Å². The summed E-state index contributed by atoms with van der Waals surface area (Å²) in [5.41, 5.74) is 2.57. The van der Waals surface area contributed by atoms with E-state index in [1.165, 1.54) is 24.1 Å². The zero-order chi connectivity index (χ0) is 12.4. The summed E-state index contributed by atoms with van der Waals surface area (Å²) in [6, 6.07) is 0. The number of aromatic nitrogens is 4. The van der Waals surface area contributed by atoms with Crippen LogP contribution in [-0.2, 0) is 19.5 Å². The summed E-state index contributed by atoms with van der Waals surface area (Å²) in [4.78, 5) is 8.22. The smallest absolute Gasteiger partial charge is 0.222 e. The predicted octanol–water partition coefficient (Wildman–Crippen LogP) is 2.27. The molecule has 0 amide bonds. The van der Waals surface area contributed by atoms with Crippen LogP contribution < -0.4 is 5.32 Å². The Morgan fingerprint density at radius 1 is 1.22 bits per heavy atom. The van der Waals surface area contributed by atoms with Gasteiger partial charge < -0.3 is 5.32 Å². The van der Waals surface area contributed by atoms with E-state index in [2.05, 4.69) is 25.1 Å². The molecule has 0 aliphatic carbocycles. The Hall–Kier alpha value is -1.62. The molecule has 2 aromatic heterocycles. The number of nitrogens with zero attached hydrogens (tertiary/aromatic N) is 4. The number of halogens is 1. The molecule has 0 saturated carbocycles. The first-order chi connectivity index (χ1) is 8.83. The molecule has 0 saturated heterocycles. The lowest BCUT2D eigenvalue weighted by molar-refractivity contribution is 0.484. The predicted molar refractivity (Wildman–Crippen MR) is 69.5 cm³/mol. The highest BCUT2D eigenvalue weighted by Crippen LogP contribution is 2.18. The van der Waals surface area contributed by atoms with Crippen LogP contribution in [-0.4, -0.2) is 19.7 Å². The maximum atomic E-state index is 5.74. The molecule has 1 aliphatic rings. The molecule has 0 radical (unpaired) electrons. The average molecular weight is 264 g/mol. The molecule has 0 atom stereocenters. The van der Waals surface area contributed by atoms with Crippen LogP contribution in [0.1, 0.15) is 24.1 Å². The van der Waals surface area contributed by atoms with Crippen LogP contribution in [0.25, 0.3) is 0 Å². The highest BCUT2D eigenvalue weighted by atomic mass is 35.5. The first-order valence-electron chi connectivity index (χ1n) is 6.08. The Labute approximate surface area is 110 Å². The van der Waals surface area contributed by atoms with Crippen molar-refractivity contribution >= 4 is 17.5 Å². The monoisotopic (exact) mass is 263 g/mol. The van der Waals surface area contributed by atoms with E-state index in [0.29, 0.717) is 17.5 Å². The highest BCUT2D eigenvalue weighted by molar-refractivity contribution is 6.30. The zero-order valence-corrected chi connectivity index (χ0v) is 10.7. The van der Waals surface area contributed by atoms with Crippen LogP contribution in [0.3, 0.4) is 0 Å². The minimum atomic E-state index is 0.545. The Balaban J connectivity index is 1.70. The quantitative estimate of drug-likeness (QED) is 0.923. The van der Waals surface area contributed by atoms with E-state index in [1.54, 1.807) is 12.4 Å². The van der Waals surface area contributed by atoms with Gasteiger partial charge in [-0.15, -0.1) is 0 Å². The van der Waals surface area contributed by atoms with Crippen molar-refractivity contribution in [3.63, 3.8) is 0 Å². The van der Waals surface area contributed by atoms with E-state index in [-0.39, 0.29) is 0 Å². The second-order valence-corrected chi connectivity index (χ2v) is 4.81.